The van der Waals surface area contributed by atoms with Crippen molar-refractivity contribution in [3.05, 3.63) is 28.2 Å². The van der Waals surface area contributed by atoms with Gasteiger partial charge in [-0.1, -0.05) is 34.8 Å². The molecule has 0 heterocycles. The molecule has 0 bridgehead atoms. The Morgan fingerprint density at radius 2 is 2.05 bits per heavy atom. The number of aliphatic hydroxyl groups is 2. The minimum atomic E-state index is -0.471. The molecule has 0 amide bonds. The molecule has 0 spiro atoms. The van der Waals surface area contributed by atoms with Crippen molar-refractivity contribution in [2.24, 2.45) is 0 Å². The van der Waals surface area contributed by atoms with Gasteiger partial charge in [-0.3, -0.25) is 0 Å². The highest BCUT2D eigenvalue weighted by molar-refractivity contribution is 9.10. The van der Waals surface area contributed by atoms with Crippen LogP contribution < -0.4 is 4.90 Å². The summed E-state index contributed by atoms with van der Waals surface area (Å²) in [6.07, 6.45) is 4.49. The first-order chi connectivity index (χ1) is 9.13. The smallest absolute Gasteiger partial charge is 0.0772 e. The largest absolute Gasteiger partial charge is 0.395 e. The SMILES string of the molecule is C[C@@H](O)c1ccc(N(CCO)C2CCCC2)cc1Br. The van der Waals surface area contributed by atoms with Gasteiger partial charge in [0.25, 0.3) is 0 Å². The zero-order valence-electron chi connectivity index (χ0n) is 11.3. The number of hydrogen-bond acceptors (Lipinski definition) is 3. The lowest BCUT2D eigenvalue weighted by Gasteiger charge is -2.31. The van der Waals surface area contributed by atoms with Crippen LogP contribution in [0.15, 0.2) is 22.7 Å². The van der Waals surface area contributed by atoms with Gasteiger partial charge in [-0.05, 0) is 37.5 Å². The second-order valence-corrected chi connectivity index (χ2v) is 6.09. The minimum absolute atomic E-state index is 0.173. The van der Waals surface area contributed by atoms with Gasteiger partial charge in [0.1, 0.15) is 0 Å². The minimum Gasteiger partial charge on any atom is -0.395 e. The zero-order chi connectivity index (χ0) is 13.8. The summed E-state index contributed by atoms with van der Waals surface area (Å²) in [5.74, 6) is 0. The van der Waals surface area contributed by atoms with Gasteiger partial charge in [0.05, 0.1) is 12.7 Å². The predicted molar refractivity (Wildman–Crippen MR) is 81.5 cm³/mol. The van der Waals surface area contributed by atoms with Crippen LogP contribution in [0.5, 0.6) is 0 Å². The standard InChI is InChI=1S/C15H22BrNO2/c1-11(19)14-7-6-13(10-15(14)16)17(8-9-18)12-4-2-3-5-12/h6-7,10-12,18-19H,2-5,8-9H2,1H3/t11-/m1/s1. The molecule has 0 unspecified atom stereocenters. The normalized spacial score (nSPS) is 17.7. The molecular formula is C15H22BrNO2. The van der Waals surface area contributed by atoms with E-state index in [2.05, 4.69) is 26.9 Å². The van der Waals surface area contributed by atoms with Gasteiger partial charge >= 0.3 is 0 Å². The van der Waals surface area contributed by atoms with Crippen molar-refractivity contribution < 1.29 is 10.2 Å². The summed E-state index contributed by atoms with van der Waals surface area (Å²) in [6.45, 7) is 2.61. The van der Waals surface area contributed by atoms with E-state index in [1.54, 1.807) is 6.92 Å². The molecule has 2 rings (SSSR count). The van der Waals surface area contributed by atoms with Crippen LogP contribution in [0.1, 0.15) is 44.3 Å². The van der Waals surface area contributed by atoms with Crippen LogP contribution in [0.4, 0.5) is 5.69 Å². The summed E-state index contributed by atoms with van der Waals surface area (Å²) in [7, 11) is 0. The Labute approximate surface area is 123 Å². The van der Waals surface area contributed by atoms with Crippen molar-refractivity contribution in [2.75, 3.05) is 18.1 Å². The Kier molecular flexibility index (Phi) is 5.25. The van der Waals surface area contributed by atoms with Crippen LogP contribution in [0.25, 0.3) is 0 Å². The second-order valence-electron chi connectivity index (χ2n) is 5.24. The zero-order valence-corrected chi connectivity index (χ0v) is 12.9. The van der Waals surface area contributed by atoms with Gasteiger partial charge in [-0.15, -0.1) is 0 Å². The molecule has 2 N–H and O–H groups in total. The summed E-state index contributed by atoms with van der Waals surface area (Å²) >= 11 is 3.53. The summed E-state index contributed by atoms with van der Waals surface area (Å²) in [5.41, 5.74) is 2.02. The third kappa shape index (κ3) is 3.50. The first kappa shape index (κ1) is 14.8. The summed E-state index contributed by atoms with van der Waals surface area (Å²) in [4.78, 5) is 2.30. The quantitative estimate of drug-likeness (QED) is 0.872. The van der Waals surface area contributed by atoms with E-state index in [1.807, 2.05) is 12.1 Å². The maximum atomic E-state index is 9.67. The highest BCUT2D eigenvalue weighted by atomic mass is 79.9. The van der Waals surface area contributed by atoms with Gasteiger partial charge in [0.15, 0.2) is 0 Å². The molecule has 1 aromatic rings. The van der Waals surface area contributed by atoms with Crippen LogP contribution >= 0.6 is 15.9 Å². The van der Waals surface area contributed by atoms with Crippen molar-refractivity contribution in [1.82, 2.24) is 0 Å². The lowest BCUT2D eigenvalue weighted by molar-refractivity contribution is 0.198. The lowest BCUT2D eigenvalue weighted by Crippen LogP contribution is -2.35. The van der Waals surface area contributed by atoms with Crippen LogP contribution in [0, 0.1) is 0 Å². The third-order valence-corrected chi connectivity index (χ3v) is 4.56. The molecule has 0 aromatic heterocycles. The molecule has 1 aliphatic carbocycles. The fourth-order valence-electron chi connectivity index (χ4n) is 2.88. The van der Waals surface area contributed by atoms with E-state index >= 15 is 0 Å². The van der Waals surface area contributed by atoms with Crippen LogP contribution in [0.2, 0.25) is 0 Å². The molecule has 3 nitrogen and oxygen atoms in total. The molecule has 0 radical (unpaired) electrons. The number of benzene rings is 1. The molecular weight excluding hydrogens is 306 g/mol. The molecule has 0 aliphatic heterocycles. The summed E-state index contributed by atoms with van der Waals surface area (Å²) in [6, 6.07) is 6.59. The number of anilines is 1. The van der Waals surface area contributed by atoms with Crippen molar-refractivity contribution in [2.45, 2.75) is 44.8 Å². The predicted octanol–water partition coefficient (Wildman–Crippen LogP) is 3.24. The Hall–Kier alpha value is -0.580. The van der Waals surface area contributed by atoms with E-state index in [-0.39, 0.29) is 6.61 Å². The molecule has 1 saturated carbocycles. The molecule has 1 aromatic carbocycles. The van der Waals surface area contributed by atoms with Crippen LogP contribution in [-0.2, 0) is 0 Å². The fourth-order valence-corrected chi connectivity index (χ4v) is 3.58. The average Bonchev–Trinajstić information content (AvgIpc) is 2.89. The van der Waals surface area contributed by atoms with E-state index in [0.29, 0.717) is 12.6 Å². The summed E-state index contributed by atoms with van der Waals surface area (Å²) < 4.78 is 0.931. The Morgan fingerprint density at radius 3 is 2.58 bits per heavy atom. The molecule has 19 heavy (non-hydrogen) atoms. The highest BCUT2D eigenvalue weighted by Gasteiger charge is 2.23. The Balaban J connectivity index is 2.23. The monoisotopic (exact) mass is 327 g/mol. The second kappa shape index (κ2) is 6.73. The number of nitrogens with zero attached hydrogens (tertiary/aromatic N) is 1. The van der Waals surface area contributed by atoms with Gasteiger partial charge in [-0.25, -0.2) is 0 Å². The number of rotatable bonds is 5. The first-order valence-electron chi connectivity index (χ1n) is 6.98. The Bertz CT molecular complexity index is 417. The van der Waals surface area contributed by atoms with Gasteiger partial charge in [0, 0.05) is 22.7 Å². The van der Waals surface area contributed by atoms with Gasteiger partial charge < -0.3 is 15.1 Å². The number of halogens is 1. The molecule has 1 aliphatic rings. The van der Waals surface area contributed by atoms with E-state index in [0.717, 1.165) is 15.7 Å². The molecule has 1 atom stereocenters. The van der Waals surface area contributed by atoms with Crippen LogP contribution in [0.3, 0.4) is 0 Å². The number of hydrogen-bond donors (Lipinski definition) is 2. The number of aliphatic hydroxyl groups excluding tert-OH is 2. The van der Waals surface area contributed by atoms with Crippen molar-refractivity contribution in [1.29, 1.82) is 0 Å². The topological polar surface area (TPSA) is 43.7 Å². The fraction of sp³-hybridized carbons (Fsp3) is 0.600. The van der Waals surface area contributed by atoms with Crippen molar-refractivity contribution in [3.8, 4) is 0 Å². The maximum Gasteiger partial charge on any atom is 0.0772 e. The Morgan fingerprint density at radius 1 is 1.37 bits per heavy atom. The molecule has 4 heteroatoms. The average molecular weight is 328 g/mol. The highest BCUT2D eigenvalue weighted by Crippen LogP contribution is 2.32. The third-order valence-electron chi connectivity index (χ3n) is 3.87. The molecule has 106 valence electrons. The molecule has 0 saturated heterocycles. The maximum absolute atomic E-state index is 9.67. The van der Waals surface area contributed by atoms with E-state index in [4.69, 9.17) is 0 Å². The van der Waals surface area contributed by atoms with E-state index < -0.39 is 6.10 Å². The van der Waals surface area contributed by atoms with Gasteiger partial charge in [-0.2, -0.15) is 0 Å². The van der Waals surface area contributed by atoms with Crippen molar-refractivity contribution >= 4 is 21.6 Å². The summed E-state index contributed by atoms with van der Waals surface area (Å²) in [5, 5.41) is 18.9. The van der Waals surface area contributed by atoms with Crippen molar-refractivity contribution in [3.63, 3.8) is 0 Å². The van der Waals surface area contributed by atoms with Crippen LogP contribution in [-0.4, -0.2) is 29.4 Å². The first-order valence-corrected chi connectivity index (χ1v) is 7.77. The van der Waals surface area contributed by atoms with Gasteiger partial charge in [0.2, 0.25) is 0 Å². The van der Waals surface area contributed by atoms with E-state index in [9.17, 15) is 10.2 Å². The van der Waals surface area contributed by atoms with E-state index in [1.165, 1.54) is 25.7 Å². The lowest BCUT2D eigenvalue weighted by atomic mass is 10.1. The molecule has 1 fully saturated rings.